The smallest absolute Gasteiger partial charge is 0.274 e. The molecule has 2 heterocycles. The van der Waals surface area contributed by atoms with Crippen LogP contribution >= 0.6 is 0 Å². The Morgan fingerprint density at radius 2 is 2.00 bits per heavy atom. The van der Waals surface area contributed by atoms with Gasteiger partial charge in [0.25, 0.3) is 5.91 Å². The molecule has 2 rings (SSSR count). The van der Waals surface area contributed by atoms with Gasteiger partial charge in [-0.2, -0.15) is 0 Å². The SMILES string of the molecule is NCc1ccc(C(=O)Nc2cncnc2)nc1. The maximum atomic E-state index is 11.8. The molecule has 0 aliphatic carbocycles. The molecule has 3 N–H and O–H groups in total. The summed E-state index contributed by atoms with van der Waals surface area (Å²) < 4.78 is 0. The fourth-order valence-electron chi connectivity index (χ4n) is 1.24. The molecule has 0 saturated heterocycles. The van der Waals surface area contributed by atoms with Crippen LogP contribution in [0.15, 0.2) is 37.1 Å². The summed E-state index contributed by atoms with van der Waals surface area (Å²) in [4.78, 5) is 23.4. The highest BCUT2D eigenvalue weighted by Gasteiger charge is 2.07. The van der Waals surface area contributed by atoms with Crippen molar-refractivity contribution in [2.45, 2.75) is 6.54 Å². The Labute approximate surface area is 97.9 Å². The first kappa shape index (κ1) is 11.2. The Kier molecular flexibility index (Phi) is 3.37. The highest BCUT2D eigenvalue weighted by Crippen LogP contribution is 2.05. The van der Waals surface area contributed by atoms with Crippen molar-refractivity contribution in [2.24, 2.45) is 5.73 Å². The minimum atomic E-state index is -0.302. The number of hydrogen-bond donors (Lipinski definition) is 2. The predicted molar refractivity (Wildman–Crippen MR) is 62.1 cm³/mol. The molecule has 0 aromatic carbocycles. The number of hydrogen-bond acceptors (Lipinski definition) is 5. The van der Waals surface area contributed by atoms with E-state index in [1.165, 1.54) is 18.7 Å². The zero-order valence-electron chi connectivity index (χ0n) is 9.00. The molecule has 1 amide bonds. The summed E-state index contributed by atoms with van der Waals surface area (Å²) in [6, 6.07) is 3.39. The van der Waals surface area contributed by atoms with E-state index in [-0.39, 0.29) is 5.91 Å². The van der Waals surface area contributed by atoms with Crippen LogP contribution in [0.4, 0.5) is 5.69 Å². The van der Waals surface area contributed by atoms with Gasteiger partial charge < -0.3 is 11.1 Å². The van der Waals surface area contributed by atoms with Crippen LogP contribution in [-0.2, 0) is 6.54 Å². The minimum absolute atomic E-state index is 0.302. The van der Waals surface area contributed by atoms with E-state index in [0.29, 0.717) is 17.9 Å². The second-order valence-corrected chi connectivity index (χ2v) is 3.34. The zero-order valence-corrected chi connectivity index (χ0v) is 9.00. The molecule has 0 atom stereocenters. The van der Waals surface area contributed by atoms with Crippen molar-refractivity contribution in [3.05, 3.63) is 48.3 Å². The molecule has 0 aliphatic rings. The Hall–Kier alpha value is -2.34. The number of aromatic nitrogens is 3. The molecule has 6 heteroatoms. The van der Waals surface area contributed by atoms with Gasteiger partial charge in [-0.3, -0.25) is 9.78 Å². The van der Waals surface area contributed by atoms with Gasteiger partial charge in [-0.15, -0.1) is 0 Å². The fourth-order valence-corrected chi connectivity index (χ4v) is 1.24. The molecule has 0 bridgehead atoms. The van der Waals surface area contributed by atoms with Crippen molar-refractivity contribution in [1.29, 1.82) is 0 Å². The van der Waals surface area contributed by atoms with E-state index in [4.69, 9.17) is 5.73 Å². The number of anilines is 1. The van der Waals surface area contributed by atoms with Crippen LogP contribution in [0, 0.1) is 0 Å². The fraction of sp³-hybridized carbons (Fsp3) is 0.0909. The quantitative estimate of drug-likeness (QED) is 0.803. The van der Waals surface area contributed by atoms with E-state index >= 15 is 0 Å². The van der Waals surface area contributed by atoms with E-state index in [0.717, 1.165) is 5.56 Å². The molecule has 0 saturated carbocycles. The molecule has 0 spiro atoms. The monoisotopic (exact) mass is 229 g/mol. The van der Waals surface area contributed by atoms with Gasteiger partial charge in [0.05, 0.1) is 18.1 Å². The first-order valence-electron chi connectivity index (χ1n) is 5.01. The first-order valence-corrected chi connectivity index (χ1v) is 5.01. The molecule has 0 fully saturated rings. The van der Waals surface area contributed by atoms with Crippen LogP contribution in [-0.4, -0.2) is 20.9 Å². The molecule has 2 aromatic heterocycles. The van der Waals surface area contributed by atoms with Gasteiger partial charge in [0, 0.05) is 12.7 Å². The summed E-state index contributed by atoms with van der Waals surface area (Å²) >= 11 is 0. The largest absolute Gasteiger partial charge is 0.326 e. The van der Waals surface area contributed by atoms with E-state index in [2.05, 4.69) is 20.3 Å². The lowest BCUT2D eigenvalue weighted by Crippen LogP contribution is -2.14. The minimum Gasteiger partial charge on any atom is -0.326 e. The van der Waals surface area contributed by atoms with Gasteiger partial charge in [-0.25, -0.2) is 9.97 Å². The summed E-state index contributed by atoms with van der Waals surface area (Å²) in [5.41, 5.74) is 7.18. The molecule has 0 radical (unpaired) electrons. The van der Waals surface area contributed by atoms with Crippen molar-refractivity contribution in [2.75, 3.05) is 5.32 Å². The summed E-state index contributed by atoms with van der Waals surface area (Å²) in [5, 5.41) is 2.64. The molecule has 0 unspecified atom stereocenters. The molecule has 0 aliphatic heterocycles. The van der Waals surface area contributed by atoms with Gasteiger partial charge >= 0.3 is 0 Å². The second-order valence-electron chi connectivity index (χ2n) is 3.34. The van der Waals surface area contributed by atoms with Crippen molar-refractivity contribution in [1.82, 2.24) is 15.0 Å². The predicted octanol–water partition coefficient (Wildman–Crippen LogP) is 0.583. The number of nitrogens with two attached hydrogens (primary N) is 1. The maximum absolute atomic E-state index is 11.8. The topological polar surface area (TPSA) is 93.8 Å². The molecular formula is C11H11N5O. The van der Waals surface area contributed by atoms with E-state index in [1.807, 2.05) is 0 Å². The number of rotatable bonds is 3. The Balaban J connectivity index is 2.09. The van der Waals surface area contributed by atoms with Crippen LogP contribution in [0.3, 0.4) is 0 Å². The standard InChI is InChI=1S/C11H11N5O/c12-3-8-1-2-10(15-4-8)11(17)16-9-5-13-7-14-6-9/h1-2,4-7H,3,12H2,(H,16,17). The number of carbonyl (C=O) groups excluding carboxylic acids is 1. The number of nitrogens with zero attached hydrogens (tertiary/aromatic N) is 3. The second kappa shape index (κ2) is 5.13. The lowest BCUT2D eigenvalue weighted by atomic mass is 10.2. The molecule has 6 nitrogen and oxygen atoms in total. The van der Waals surface area contributed by atoms with Crippen molar-refractivity contribution < 1.29 is 4.79 Å². The average Bonchev–Trinajstić information content (AvgIpc) is 2.40. The van der Waals surface area contributed by atoms with Crippen LogP contribution in [0.2, 0.25) is 0 Å². The average molecular weight is 229 g/mol. The van der Waals surface area contributed by atoms with Gasteiger partial charge in [0.1, 0.15) is 12.0 Å². The van der Waals surface area contributed by atoms with Gasteiger partial charge in [-0.1, -0.05) is 6.07 Å². The molecule has 86 valence electrons. The first-order chi connectivity index (χ1) is 8.29. The Morgan fingerprint density at radius 1 is 1.24 bits per heavy atom. The van der Waals surface area contributed by atoms with E-state index in [1.54, 1.807) is 18.3 Å². The van der Waals surface area contributed by atoms with Gasteiger partial charge in [-0.05, 0) is 11.6 Å². The third kappa shape index (κ3) is 2.82. The summed E-state index contributed by atoms with van der Waals surface area (Å²) in [6.07, 6.45) is 6.00. The maximum Gasteiger partial charge on any atom is 0.274 e. The lowest BCUT2D eigenvalue weighted by molar-refractivity contribution is 0.102. The van der Waals surface area contributed by atoms with E-state index < -0.39 is 0 Å². The summed E-state index contributed by atoms with van der Waals surface area (Å²) in [7, 11) is 0. The number of amides is 1. The summed E-state index contributed by atoms with van der Waals surface area (Å²) in [6.45, 7) is 0.404. The highest BCUT2D eigenvalue weighted by molar-refractivity contribution is 6.02. The van der Waals surface area contributed by atoms with E-state index in [9.17, 15) is 4.79 Å². The number of pyridine rings is 1. The lowest BCUT2D eigenvalue weighted by Gasteiger charge is -2.03. The third-order valence-corrected chi connectivity index (χ3v) is 2.11. The molecular weight excluding hydrogens is 218 g/mol. The Bertz CT molecular complexity index is 497. The van der Waals surface area contributed by atoms with Crippen LogP contribution in [0.1, 0.15) is 16.1 Å². The molecule has 2 aromatic rings. The zero-order chi connectivity index (χ0) is 12.1. The highest BCUT2D eigenvalue weighted by atomic mass is 16.1. The van der Waals surface area contributed by atoms with Crippen LogP contribution in [0.5, 0.6) is 0 Å². The van der Waals surface area contributed by atoms with Crippen LogP contribution in [0.25, 0.3) is 0 Å². The third-order valence-electron chi connectivity index (χ3n) is 2.11. The number of nitrogens with one attached hydrogen (secondary N) is 1. The van der Waals surface area contributed by atoms with Crippen molar-refractivity contribution in [3.8, 4) is 0 Å². The Morgan fingerprint density at radius 3 is 2.59 bits per heavy atom. The summed E-state index contributed by atoms with van der Waals surface area (Å²) in [5.74, 6) is -0.302. The molecule has 17 heavy (non-hydrogen) atoms. The van der Waals surface area contributed by atoms with Crippen molar-refractivity contribution in [3.63, 3.8) is 0 Å². The van der Waals surface area contributed by atoms with Crippen molar-refractivity contribution >= 4 is 11.6 Å². The van der Waals surface area contributed by atoms with Crippen LogP contribution < -0.4 is 11.1 Å². The normalized spacial score (nSPS) is 9.94. The number of carbonyl (C=O) groups is 1. The van der Waals surface area contributed by atoms with Gasteiger partial charge in [0.2, 0.25) is 0 Å². The van der Waals surface area contributed by atoms with Gasteiger partial charge in [0.15, 0.2) is 0 Å².